The van der Waals surface area contributed by atoms with Gasteiger partial charge in [0, 0.05) is 0 Å². The zero-order valence-electron chi connectivity index (χ0n) is 6.47. The number of nitrogens with one attached hydrogen (secondary N) is 1. The van der Waals surface area contributed by atoms with Gasteiger partial charge in [-0.05, 0) is 6.92 Å². The van der Waals surface area contributed by atoms with E-state index in [0.29, 0.717) is 0 Å². The molecule has 12 heavy (non-hydrogen) atoms. The van der Waals surface area contributed by atoms with Gasteiger partial charge in [0.25, 0.3) is 0 Å². The van der Waals surface area contributed by atoms with Crippen LogP contribution >= 0.6 is 23.2 Å². The molecule has 0 aliphatic heterocycles. The molecular weight excluding hydrogens is 205 g/mol. The molecule has 0 aliphatic carbocycles. The number of esters is 1. The molecule has 0 aromatic rings. The van der Waals surface area contributed by atoms with Crippen LogP contribution in [-0.4, -0.2) is 29.9 Å². The van der Waals surface area contributed by atoms with E-state index < -0.39 is 17.4 Å². The van der Waals surface area contributed by atoms with Crippen LogP contribution in [0.3, 0.4) is 0 Å². The summed E-state index contributed by atoms with van der Waals surface area (Å²) in [6, 6.07) is 0. The molecule has 0 bridgehead atoms. The minimum atomic E-state index is -1.16. The van der Waals surface area contributed by atoms with Crippen LogP contribution in [0.2, 0.25) is 0 Å². The minimum absolute atomic E-state index is 0.221. The first-order valence-electron chi connectivity index (χ1n) is 3.27. The van der Waals surface area contributed by atoms with Crippen LogP contribution in [0.1, 0.15) is 6.92 Å². The first-order chi connectivity index (χ1) is 5.61. The molecule has 4 nitrogen and oxygen atoms in total. The minimum Gasteiger partial charge on any atom is -0.464 e. The predicted molar refractivity (Wildman–Crippen MR) is 45.1 cm³/mol. The van der Waals surface area contributed by atoms with Gasteiger partial charge >= 0.3 is 5.97 Å². The first-order valence-corrected chi connectivity index (χ1v) is 4.25. The van der Waals surface area contributed by atoms with Crippen LogP contribution in [0.4, 0.5) is 0 Å². The molecule has 0 radical (unpaired) electrons. The van der Waals surface area contributed by atoms with E-state index in [4.69, 9.17) is 23.2 Å². The Morgan fingerprint density at radius 1 is 1.58 bits per heavy atom. The van der Waals surface area contributed by atoms with Gasteiger partial charge in [0.05, 0.1) is 6.61 Å². The molecular formula is C6H9Cl2NO3. The summed E-state index contributed by atoms with van der Waals surface area (Å²) >= 11 is 10.6. The Labute approximate surface area is 80.2 Å². The number of carbonyl (C=O) groups excluding carboxylic acids is 2. The zero-order chi connectivity index (χ0) is 9.56. The normalized spacial score (nSPS) is 11.9. The summed E-state index contributed by atoms with van der Waals surface area (Å²) in [5, 5.41) is 2.13. The predicted octanol–water partition coefficient (Wildman–Crippen LogP) is 0.469. The van der Waals surface area contributed by atoms with Gasteiger partial charge in [0.1, 0.15) is 5.88 Å². The van der Waals surface area contributed by atoms with Gasteiger partial charge in [0.15, 0.2) is 0 Å². The average Bonchev–Trinajstić information content (AvgIpc) is 2.04. The molecule has 0 aliphatic rings. The summed E-state index contributed by atoms with van der Waals surface area (Å²) in [6.07, 6.45) is 0. The third kappa shape index (κ3) is 4.41. The molecule has 1 N–H and O–H groups in total. The Hall–Kier alpha value is -0.480. The van der Waals surface area contributed by atoms with Crippen molar-refractivity contribution < 1.29 is 14.3 Å². The highest BCUT2D eigenvalue weighted by atomic mass is 35.5. The third-order valence-corrected chi connectivity index (χ3v) is 1.43. The number of alkyl halides is 2. The molecule has 0 saturated carbocycles. The number of hydrogen-bond acceptors (Lipinski definition) is 3. The zero-order valence-corrected chi connectivity index (χ0v) is 7.98. The lowest BCUT2D eigenvalue weighted by Crippen LogP contribution is -2.38. The van der Waals surface area contributed by atoms with E-state index in [1.54, 1.807) is 6.92 Å². The van der Waals surface area contributed by atoms with E-state index in [-0.39, 0.29) is 12.5 Å². The molecule has 0 spiro atoms. The lowest BCUT2D eigenvalue weighted by Gasteiger charge is -2.08. The second kappa shape index (κ2) is 6.08. The van der Waals surface area contributed by atoms with Crippen molar-refractivity contribution in [2.75, 3.05) is 12.5 Å². The van der Waals surface area contributed by atoms with E-state index in [1.807, 2.05) is 0 Å². The Bertz CT molecular complexity index is 174. The number of ether oxygens (including phenoxy) is 1. The monoisotopic (exact) mass is 213 g/mol. The van der Waals surface area contributed by atoms with Crippen molar-refractivity contribution in [3.8, 4) is 0 Å². The van der Waals surface area contributed by atoms with E-state index in [9.17, 15) is 9.59 Å². The van der Waals surface area contributed by atoms with Gasteiger partial charge in [-0.2, -0.15) is 0 Å². The van der Waals surface area contributed by atoms with Crippen LogP contribution in [-0.2, 0) is 14.3 Å². The summed E-state index contributed by atoms with van der Waals surface area (Å²) < 4.78 is 4.52. The van der Waals surface area contributed by atoms with Gasteiger partial charge in [-0.15, -0.1) is 11.6 Å². The van der Waals surface area contributed by atoms with Crippen molar-refractivity contribution in [1.29, 1.82) is 0 Å². The highest BCUT2D eigenvalue weighted by molar-refractivity contribution is 6.32. The molecule has 70 valence electrons. The van der Waals surface area contributed by atoms with E-state index in [2.05, 4.69) is 10.1 Å². The molecule has 1 unspecified atom stereocenters. The molecule has 0 saturated heterocycles. The molecule has 1 atom stereocenters. The summed E-state index contributed by atoms with van der Waals surface area (Å²) in [4.78, 5) is 21.4. The van der Waals surface area contributed by atoms with Crippen molar-refractivity contribution in [2.45, 2.75) is 12.4 Å². The number of amides is 1. The lowest BCUT2D eigenvalue weighted by atomic mass is 10.6. The number of hydrogen-bond donors (Lipinski definition) is 1. The standard InChI is InChI=1S/C6H9Cl2NO3/c1-2-12-6(11)5(8)9-4(10)3-7/h5H,2-3H2,1H3,(H,9,10). The quantitative estimate of drug-likeness (QED) is 0.420. The summed E-state index contributed by atoms with van der Waals surface area (Å²) in [5.41, 5.74) is -1.16. The van der Waals surface area contributed by atoms with E-state index in [0.717, 1.165) is 0 Å². The number of rotatable bonds is 4. The van der Waals surface area contributed by atoms with Crippen molar-refractivity contribution in [2.24, 2.45) is 0 Å². The van der Waals surface area contributed by atoms with Crippen molar-refractivity contribution in [3.05, 3.63) is 0 Å². The summed E-state index contributed by atoms with van der Waals surface area (Å²) in [5.74, 6) is -1.43. The molecule has 6 heteroatoms. The maximum Gasteiger partial charge on any atom is 0.344 e. The van der Waals surface area contributed by atoms with E-state index in [1.165, 1.54) is 0 Å². The van der Waals surface area contributed by atoms with Crippen LogP contribution in [0, 0.1) is 0 Å². The van der Waals surface area contributed by atoms with Crippen LogP contribution in [0.15, 0.2) is 0 Å². The Balaban J connectivity index is 3.78. The highest BCUT2D eigenvalue weighted by Gasteiger charge is 2.17. The van der Waals surface area contributed by atoms with Crippen molar-refractivity contribution in [3.63, 3.8) is 0 Å². The number of carbonyl (C=O) groups is 2. The fourth-order valence-electron chi connectivity index (χ4n) is 0.454. The smallest absolute Gasteiger partial charge is 0.344 e. The molecule has 0 aromatic heterocycles. The molecule has 0 aromatic carbocycles. The first kappa shape index (κ1) is 11.5. The molecule has 1 amide bonds. The van der Waals surface area contributed by atoms with Crippen molar-refractivity contribution in [1.82, 2.24) is 5.32 Å². The Morgan fingerprint density at radius 2 is 2.17 bits per heavy atom. The van der Waals surface area contributed by atoms with Gasteiger partial charge in [-0.1, -0.05) is 11.6 Å². The van der Waals surface area contributed by atoms with E-state index >= 15 is 0 Å². The molecule has 0 rings (SSSR count). The SMILES string of the molecule is CCOC(=O)C(Cl)NC(=O)CCl. The largest absolute Gasteiger partial charge is 0.464 e. The van der Waals surface area contributed by atoms with Crippen LogP contribution in [0.25, 0.3) is 0 Å². The summed E-state index contributed by atoms with van der Waals surface area (Å²) in [7, 11) is 0. The highest BCUT2D eigenvalue weighted by Crippen LogP contribution is 1.95. The van der Waals surface area contributed by atoms with Gasteiger partial charge in [-0.3, -0.25) is 4.79 Å². The fourth-order valence-corrected chi connectivity index (χ4v) is 0.716. The van der Waals surface area contributed by atoms with Gasteiger partial charge in [-0.25, -0.2) is 4.79 Å². The molecule has 0 fully saturated rings. The maximum atomic E-state index is 10.8. The molecule has 0 heterocycles. The lowest BCUT2D eigenvalue weighted by molar-refractivity contribution is -0.144. The fraction of sp³-hybridized carbons (Fsp3) is 0.667. The maximum absolute atomic E-state index is 10.8. The van der Waals surface area contributed by atoms with Crippen molar-refractivity contribution >= 4 is 35.1 Å². The third-order valence-electron chi connectivity index (χ3n) is 0.903. The Kier molecular flexibility index (Phi) is 5.84. The second-order valence-electron chi connectivity index (χ2n) is 1.82. The van der Waals surface area contributed by atoms with Gasteiger partial charge in [0.2, 0.25) is 11.4 Å². The van der Waals surface area contributed by atoms with Crippen LogP contribution in [0.5, 0.6) is 0 Å². The average molecular weight is 214 g/mol. The van der Waals surface area contributed by atoms with Crippen LogP contribution < -0.4 is 5.32 Å². The summed E-state index contributed by atoms with van der Waals surface area (Å²) in [6.45, 7) is 1.86. The van der Waals surface area contributed by atoms with Gasteiger partial charge < -0.3 is 10.1 Å². The topological polar surface area (TPSA) is 55.4 Å². The Morgan fingerprint density at radius 3 is 2.58 bits per heavy atom. The number of halogens is 2. The second-order valence-corrected chi connectivity index (χ2v) is 2.52.